The molecule has 0 unspecified atom stereocenters. The standard InChI is InChI=1S/C8H10Cl2O2/c1-8(2)4(3-5(9)10)6(8)7(11)12/h3-4,6H,1-2H3,(H,11,12)/t4-,6+/m0/s1/i1D3,2D3. The van der Waals surface area contributed by atoms with Gasteiger partial charge in [-0.2, -0.15) is 0 Å². The third kappa shape index (κ3) is 1.59. The smallest absolute Gasteiger partial charge is 0.307 e. The zero-order valence-corrected chi connectivity index (χ0v) is 7.36. The molecule has 1 N–H and O–H groups in total. The Balaban J connectivity index is 3.37. The second-order valence-corrected chi connectivity index (χ2v) is 3.67. The first-order valence-electron chi connectivity index (χ1n) is 6.13. The summed E-state index contributed by atoms with van der Waals surface area (Å²) in [5, 5.41) is 8.98. The lowest BCUT2D eigenvalue weighted by Gasteiger charge is -1.96. The van der Waals surface area contributed by atoms with Crippen molar-refractivity contribution in [3.05, 3.63) is 10.6 Å². The normalized spacial score (nSPS) is 40.5. The van der Waals surface area contributed by atoms with Crippen LogP contribution >= 0.6 is 23.2 Å². The maximum Gasteiger partial charge on any atom is 0.307 e. The summed E-state index contributed by atoms with van der Waals surface area (Å²) in [4.78, 5) is 11.0. The molecule has 0 aromatic rings. The lowest BCUT2D eigenvalue weighted by Crippen LogP contribution is -2.02. The average Bonchev–Trinajstić information content (AvgIpc) is 2.70. The maximum absolute atomic E-state index is 11.0. The number of rotatable bonds is 2. The number of allylic oxidation sites excluding steroid dienone is 1. The number of carboxylic acid groups (broad SMARTS) is 1. The van der Waals surface area contributed by atoms with Crippen molar-refractivity contribution >= 4 is 29.2 Å². The Morgan fingerprint density at radius 1 is 1.67 bits per heavy atom. The first-order valence-corrected chi connectivity index (χ1v) is 3.88. The monoisotopic (exact) mass is 214 g/mol. The van der Waals surface area contributed by atoms with Crippen molar-refractivity contribution in [1.82, 2.24) is 0 Å². The molecule has 2 nitrogen and oxygen atoms in total. The Kier molecular flexibility index (Phi) is 1.06. The molecule has 0 aromatic heterocycles. The Hall–Kier alpha value is -0.210. The predicted molar refractivity (Wildman–Crippen MR) is 48.2 cm³/mol. The van der Waals surface area contributed by atoms with Crippen LogP contribution in [0.15, 0.2) is 10.6 Å². The topological polar surface area (TPSA) is 37.3 Å². The summed E-state index contributed by atoms with van der Waals surface area (Å²) >= 11 is 10.8. The van der Waals surface area contributed by atoms with Gasteiger partial charge in [-0.3, -0.25) is 4.79 Å². The van der Waals surface area contributed by atoms with Gasteiger partial charge in [-0.25, -0.2) is 0 Å². The summed E-state index contributed by atoms with van der Waals surface area (Å²) in [7, 11) is 0. The van der Waals surface area contributed by atoms with Crippen LogP contribution in [0.25, 0.3) is 0 Å². The molecule has 1 rings (SSSR count). The first kappa shape index (κ1) is 4.34. The highest BCUT2D eigenvalue weighted by Gasteiger charge is 2.60. The van der Waals surface area contributed by atoms with E-state index in [1.165, 1.54) is 0 Å². The van der Waals surface area contributed by atoms with Crippen molar-refractivity contribution in [2.75, 3.05) is 0 Å². The van der Waals surface area contributed by atoms with Gasteiger partial charge in [-0.15, -0.1) is 0 Å². The molecular formula is C8H10Cl2O2. The molecule has 2 atom stereocenters. The summed E-state index contributed by atoms with van der Waals surface area (Å²) < 4.78 is 43.7. The van der Waals surface area contributed by atoms with Crippen LogP contribution in [0.1, 0.15) is 21.9 Å². The summed E-state index contributed by atoms with van der Waals surface area (Å²) in [5.41, 5.74) is -2.33. The fourth-order valence-corrected chi connectivity index (χ4v) is 1.40. The number of carboxylic acids is 1. The molecule has 68 valence electrons. The van der Waals surface area contributed by atoms with Crippen LogP contribution in [0.5, 0.6) is 0 Å². The molecule has 4 heteroatoms. The number of aliphatic carboxylic acids is 1. The van der Waals surface area contributed by atoms with Crippen molar-refractivity contribution in [2.45, 2.75) is 13.7 Å². The number of halogens is 2. The van der Waals surface area contributed by atoms with Crippen LogP contribution in [0.2, 0.25) is 0 Å². The van der Waals surface area contributed by atoms with E-state index >= 15 is 0 Å². The van der Waals surface area contributed by atoms with Gasteiger partial charge in [0.2, 0.25) is 0 Å². The van der Waals surface area contributed by atoms with E-state index in [4.69, 9.17) is 36.5 Å². The third-order valence-electron chi connectivity index (χ3n) is 1.84. The van der Waals surface area contributed by atoms with Gasteiger partial charge in [0.05, 0.1) is 5.92 Å². The predicted octanol–water partition coefficient (Wildman–Crippen LogP) is 2.66. The molecule has 1 aliphatic rings. The van der Waals surface area contributed by atoms with E-state index in [1.807, 2.05) is 0 Å². The molecule has 12 heavy (non-hydrogen) atoms. The second kappa shape index (κ2) is 2.93. The van der Waals surface area contributed by atoms with E-state index in [9.17, 15) is 4.79 Å². The first-order chi connectivity index (χ1) is 7.87. The molecule has 0 heterocycles. The van der Waals surface area contributed by atoms with Gasteiger partial charge in [-0.05, 0) is 17.4 Å². The third-order valence-corrected chi connectivity index (χ3v) is 2.09. The molecule has 0 spiro atoms. The van der Waals surface area contributed by atoms with Gasteiger partial charge in [-0.1, -0.05) is 36.9 Å². The van der Waals surface area contributed by atoms with Gasteiger partial charge in [0, 0.05) is 8.22 Å². The minimum atomic E-state index is -2.95. The Morgan fingerprint density at radius 2 is 2.25 bits per heavy atom. The molecule has 1 aliphatic carbocycles. The van der Waals surface area contributed by atoms with Gasteiger partial charge in [0.25, 0.3) is 0 Å². The molecule has 1 saturated carbocycles. The molecule has 1 fully saturated rings. The van der Waals surface area contributed by atoms with E-state index < -0.39 is 36.9 Å². The SMILES string of the molecule is [2H]C([2H])([2H])C1(C([2H])([2H])[2H])[C@@H](C=C(Cl)Cl)[C@@H]1C(=O)O. The minimum Gasteiger partial charge on any atom is -0.481 e. The van der Waals surface area contributed by atoms with Crippen LogP contribution in [-0.4, -0.2) is 11.1 Å². The van der Waals surface area contributed by atoms with Crippen molar-refractivity contribution in [1.29, 1.82) is 0 Å². The Labute approximate surface area is 89.6 Å². The van der Waals surface area contributed by atoms with Crippen LogP contribution in [-0.2, 0) is 4.79 Å². The van der Waals surface area contributed by atoms with Gasteiger partial charge in [0.1, 0.15) is 4.49 Å². The van der Waals surface area contributed by atoms with E-state index in [2.05, 4.69) is 0 Å². The minimum absolute atomic E-state index is 0.346. The van der Waals surface area contributed by atoms with Crippen LogP contribution < -0.4 is 0 Å². The van der Waals surface area contributed by atoms with Crippen molar-refractivity contribution in [2.24, 2.45) is 17.3 Å². The van der Waals surface area contributed by atoms with E-state index in [1.54, 1.807) is 0 Å². The molecule has 0 radical (unpaired) electrons. The van der Waals surface area contributed by atoms with Crippen molar-refractivity contribution in [3.8, 4) is 0 Å². The Bertz CT molecular complexity index is 381. The fourth-order valence-electron chi connectivity index (χ4n) is 1.13. The summed E-state index contributed by atoms with van der Waals surface area (Å²) in [6.45, 7) is -5.91. The highest BCUT2D eigenvalue weighted by atomic mass is 35.5. The molecule has 0 aliphatic heterocycles. The van der Waals surface area contributed by atoms with Gasteiger partial charge >= 0.3 is 5.97 Å². The van der Waals surface area contributed by atoms with Crippen LogP contribution in [0.4, 0.5) is 0 Å². The molecule has 0 amide bonds. The summed E-state index contributed by atoms with van der Waals surface area (Å²) in [6.07, 6.45) is 0.973. The summed E-state index contributed by atoms with van der Waals surface area (Å²) in [6, 6.07) is 0. The highest BCUT2D eigenvalue weighted by molar-refractivity contribution is 6.55. The number of carbonyl (C=O) groups is 1. The molecule has 0 bridgehead atoms. The largest absolute Gasteiger partial charge is 0.481 e. The van der Waals surface area contributed by atoms with Crippen LogP contribution in [0, 0.1) is 17.3 Å². The zero-order valence-electron chi connectivity index (χ0n) is 11.8. The summed E-state index contributed by atoms with van der Waals surface area (Å²) in [5.74, 6) is -4.27. The highest BCUT2D eigenvalue weighted by Crippen LogP contribution is 2.59. The van der Waals surface area contributed by atoms with Gasteiger partial charge in [0.15, 0.2) is 0 Å². The van der Waals surface area contributed by atoms with Crippen molar-refractivity contribution in [3.63, 3.8) is 0 Å². The lowest BCUT2D eigenvalue weighted by atomic mass is 10.1. The zero-order chi connectivity index (χ0) is 14.5. The molecule has 0 aromatic carbocycles. The molecule has 0 saturated heterocycles. The van der Waals surface area contributed by atoms with Crippen molar-refractivity contribution < 1.29 is 18.1 Å². The van der Waals surface area contributed by atoms with E-state index in [0.29, 0.717) is 0 Å². The average molecular weight is 215 g/mol. The van der Waals surface area contributed by atoms with E-state index in [-0.39, 0.29) is 4.49 Å². The maximum atomic E-state index is 11.0. The Morgan fingerprint density at radius 3 is 2.50 bits per heavy atom. The number of hydrogen-bond acceptors (Lipinski definition) is 1. The lowest BCUT2D eigenvalue weighted by molar-refractivity contribution is -0.139. The number of hydrogen-bond donors (Lipinski definition) is 1. The molecular weight excluding hydrogens is 199 g/mol. The van der Waals surface area contributed by atoms with Crippen LogP contribution in [0.3, 0.4) is 0 Å². The quantitative estimate of drug-likeness (QED) is 0.768. The van der Waals surface area contributed by atoms with E-state index in [0.717, 1.165) is 6.08 Å². The fraction of sp³-hybridized carbons (Fsp3) is 0.625. The second-order valence-electron chi connectivity index (χ2n) is 2.67. The van der Waals surface area contributed by atoms with Gasteiger partial charge < -0.3 is 5.11 Å².